The van der Waals surface area contributed by atoms with E-state index in [1.54, 1.807) is 0 Å². The number of ether oxygens (including phenoxy) is 1. The van der Waals surface area contributed by atoms with Gasteiger partial charge in [-0.05, 0) is 25.3 Å². The second-order valence-corrected chi connectivity index (χ2v) is 2.10. The van der Waals surface area contributed by atoms with Gasteiger partial charge in [0.15, 0.2) is 0 Å². The minimum absolute atomic E-state index is 0.00347. The molecule has 1 atom stereocenters. The molecule has 1 aliphatic rings. The number of rotatable bonds is 2. The molecule has 0 aliphatic heterocycles. The first kappa shape index (κ1) is 6.33. The first-order chi connectivity index (χ1) is 4.43. The van der Waals surface area contributed by atoms with Crippen molar-refractivity contribution >= 4 is 6.47 Å². The third-order valence-corrected chi connectivity index (χ3v) is 1.41. The fourth-order valence-corrected chi connectivity index (χ4v) is 0.941. The fraction of sp³-hybridized carbons (Fsp3) is 0.571. The lowest BCUT2D eigenvalue weighted by atomic mass is 10.1. The highest BCUT2D eigenvalue weighted by Crippen LogP contribution is 2.11. The molecule has 1 unspecified atom stereocenters. The number of carbonyl (C=O) groups excluding carboxylic acids is 1. The average molecular weight is 125 g/mol. The maximum Gasteiger partial charge on any atom is 0.418 e. The Morgan fingerprint density at radius 2 is 2.56 bits per heavy atom. The van der Waals surface area contributed by atoms with Crippen LogP contribution in [0.15, 0.2) is 12.2 Å². The molecule has 0 N–H and O–H groups in total. The van der Waals surface area contributed by atoms with E-state index in [9.17, 15) is 4.79 Å². The van der Waals surface area contributed by atoms with Crippen molar-refractivity contribution in [1.82, 2.24) is 0 Å². The molecule has 0 aromatic carbocycles. The Morgan fingerprint density at radius 1 is 1.67 bits per heavy atom. The van der Waals surface area contributed by atoms with Crippen LogP contribution < -0.4 is 0 Å². The quantitative estimate of drug-likeness (QED) is 0.518. The van der Waals surface area contributed by atoms with Crippen molar-refractivity contribution in [2.45, 2.75) is 25.4 Å². The SMILES string of the molecule is O=[C]OC1C=CCCC1. The van der Waals surface area contributed by atoms with E-state index < -0.39 is 0 Å². The van der Waals surface area contributed by atoms with Crippen LogP contribution in [0.5, 0.6) is 0 Å². The Morgan fingerprint density at radius 3 is 3.11 bits per heavy atom. The standard InChI is InChI=1S/C7H9O2/c8-6-9-7-4-2-1-3-5-7/h2,4,7H,1,3,5H2. The lowest BCUT2D eigenvalue weighted by Gasteiger charge is -2.12. The maximum atomic E-state index is 9.69. The van der Waals surface area contributed by atoms with Crippen molar-refractivity contribution in [1.29, 1.82) is 0 Å². The molecule has 2 nitrogen and oxygen atoms in total. The van der Waals surface area contributed by atoms with Crippen LogP contribution in [0.25, 0.3) is 0 Å². The summed E-state index contributed by atoms with van der Waals surface area (Å²) in [6.45, 7) is 1.44. The van der Waals surface area contributed by atoms with E-state index >= 15 is 0 Å². The number of hydrogen-bond donors (Lipinski definition) is 0. The van der Waals surface area contributed by atoms with Crippen molar-refractivity contribution in [2.24, 2.45) is 0 Å². The van der Waals surface area contributed by atoms with Crippen LogP contribution in [0.1, 0.15) is 19.3 Å². The van der Waals surface area contributed by atoms with Crippen LogP contribution in [0.4, 0.5) is 0 Å². The molecular weight excluding hydrogens is 116 g/mol. The predicted octanol–water partition coefficient (Wildman–Crippen LogP) is 1.18. The van der Waals surface area contributed by atoms with Gasteiger partial charge in [-0.3, -0.25) is 0 Å². The summed E-state index contributed by atoms with van der Waals surface area (Å²) in [6.07, 6.45) is 7.11. The Kier molecular flexibility index (Phi) is 2.31. The molecule has 9 heavy (non-hydrogen) atoms. The summed E-state index contributed by atoms with van der Waals surface area (Å²) in [5.74, 6) is 0. The molecule has 2 heteroatoms. The molecule has 49 valence electrons. The normalized spacial score (nSPS) is 25.6. The Hall–Kier alpha value is -0.790. The van der Waals surface area contributed by atoms with Gasteiger partial charge in [0.1, 0.15) is 6.10 Å². The molecule has 1 radical (unpaired) electrons. The molecule has 0 fully saturated rings. The van der Waals surface area contributed by atoms with Gasteiger partial charge < -0.3 is 4.74 Å². The van der Waals surface area contributed by atoms with Gasteiger partial charge in [0.05, 0.1) is 0 Å². The van der Waals surface area contributed by atoms with Crippen molar-refractivity contribution < 1.29 is 9.53 Å². The van der Waals surface area contributed by atoms with Gasteiger partial charge in [0.25, 0.3) is 0 Å². The van der Waals surface area contributed by atoms with Crippen LogP contribution in [-0.2, 0) is 9.53 Å². The average Bonchev–Trinajstić information content (AvgIpc) is 1.91. The fourth-order valence-electron chi connectivity index (χ4n) is 0.941. The number of hydrogen-bond acceptors (Lipinski definition) is 2. The molecule has 0 saturated carbocycles. The summed E-state index contributed by atoms with van der Waals surface area (Å²) in [5.41, 5.74) is 0. The molecular formula is C7H9O2. The Balaban J connectivity index is 2.31. The van der Waals surface area contributed by atoms with Gasteiger partial charge in [-0.25, -0.2) is 4.79 Å². The van der Waals surface area contributed by atoms with Gasteiger partial charge in [-0.1, -0.05) is 6.08 Å². The van der Waals surface area contributed by atoms with Crippen LogP contribution in [0.2, 0.25) is 0 Å². The summed E-state index contributed by atoms with van der Waals surface area (Å²) in [4.78, 5) is 9.69. The van der Waals surface area contributed by atoms with E-state index in [1.807, 2.05) is 12.2 Å². The van der Waals surface area contributed by atoms with E-state index in [4.69, 9.17) is 0 Å². The largest absolute Gasteiger partial charge is 0.450 e. The van der Waals surface area contributed by atoms with Crippen LogP contribution in [-0.4, -0.2) is 12.6 Å². The zero-order valence-electron chi connectivity index (χ0n) is 5.17. The third kappa shape index (κ3) is 1.88. The van der Waals surface area contributed by atoms with E-state index in [1.165, 1.54) is 6.47 Å². The van der Waals surface area contributed by atoms with Gasteiger partial charge in [-0.15, -0.1) is 0 Å². The van der Waals surface area contributed by atoms with E-state index in [0.717, 1.165) is 19.3 Å². The Bertz CT molecular complexity index is 118. The zero-order chi connectivity index (χ0) is 6.53. The molecule has 1 aliphatic carbocycles. The van der Waals surface area contributed by atoms with Gasteiger partial charge in [-0.2, -0.15) is 0 Å². The minimum atomic E-state index is -0.00347. The summed E-state index contributed by atoms with van der Waals surface area (Å²) >= 11 is 0. The van der Waals surface area contributed by atoms with Crippen LogP contribution >= 0.6 is 0 Å². The first-order valence-electron chi connectivity index (χ1n) is 3.13. The smallest absolute Gasteiger partial charge is 0.418 e. The minimum Gasteiger partial charge on any atom is -0.450 e. The second kappa shape index (κ2) is 3.28. The molecule has 0 spiro atoms. The highest BCUT2D eigenvalue weighted by molar-refractivity contribution is 5.39. The van der Waals surface area contributed by atoms with Crippen LogP contribution in [0, 0.1) is 0 Å². The molecule has 0 heterocycles. The first-order valence-corrected chi connectivity index (χ1v) is 3.13. The van der Waals surface area contributed by atoms with Crippen LogP contribution in [0.3, 0.4) is 0 Å². The van der Waals surface area contributed by atoms with Gasteiger partial charge in [0, 0.05) is 0 Å². The highest BCUT2D eigenvalue weighted by Gasteiger charge is 2.07. The van der Waals surface area contributed by atoms with Crippen molar-refractivity contribution in [3.63, 3.8) is 0 Å². The summed E-state index contributed by atoms with van der Waals surface area (Å²) < 4.78 is 4.59. The molecule has 1 rings (SSSR count). The lowest BCUT2D eigenvalue weighted by Crippen LogP contribution is -2.10. The lowest BCUT2D eigenvalue weighted by molar-refractivity contribution is 0.202. The molecule has 0 bridgehead atoms. The molecule has 0 aromatic heterocycles. The molecule has 0 amide bonds. The highest BCUT2D eigenvalue weighted by atomic mass is 16.5. The van der Waals surface area contributed by atoms with Crippen molar-refractivity contribution in [2.75, 3.05) is 0 Å². The second-order valence-electron chi connectivity index (χ2n) is 2.10. The Labute approximate surface area is 54.5 Å². The van der Waals surface area contributed by atoms with Crippen molar-refractivity contribution in [3.8, 4) is 0 Å². The maximum absolute atomic E-state index is 9.69. The molecule has 0 aromatic rings. The zero-order valence-corrected chi connectivity index (χ0v) is 5.17. The molecule has 0 saturated heterocycles. The summed E-state index contributed by atoms with van der Waals surface area (Å²) in [7, 11) is 0. The predicted molar refractivity (Wildman–Crippen MR) is 33.6 cm³/mol. The van der Waals surface area contributed by atoms with Gasteiger partial charge in [0.2, 0.25) is 0 Å². The van der Waals surface area contributed by atoms with E-state index in [-0.39, 0.29) is 6.10 Å². The topological polar surface area (TPSA) is 26.3 Å². The van der Waals surface area contributed by atoms with E-state index in [0.29, 0.717) is 0 Å². The summed E-state index contributed by atoms with van der Waals surface area (Å²) in [5, 5.41) is 0. The van der Waals surface area contributed by atoms with Crippen molar-refractivity contribution in [3.05, 3.63) is 12.2 Å². The summed E-state index contributed by atoms with van der Waals surface area (Å²) in [6, 6.07) is 0. The monoisotopic (exact) mass is 125 g/mol. The number of allylic oxidation sites excluding steroid dienone is 1. The van der Waals surface area contributed by atoms with E-state index in [2.05, 4.69) is 4.74 Å². The van der Waals surface area contributed by atoms with Gasteiger partial charge >= 0.3 is 6.47 Å². The third-order valence-electron chi connectivity index (χ3n) is 1.41.